The molecule has 1 atom stereocenters. The maximum Gasteiger partial charge on any atom is 0.376 e. The lowest BCUT2D eigenvalue weighted by atomic mass is 9.80. The predicted molar refractivity (Wildman–Crippen MR) is 78.9 cm³/mol. The van der Waals surface area contributed by atoms with Crippen LogP contribution in [0.4, 0.5) is 0 Å². The van der Waals surface area contributed by atoms with Crippen LogP contribution in [0.3, 0.4) is 0 Å². The Morgan fingerprint density at radius 1 is 1.30 bits per heavy atom. The van der Waals surface area contributed by atoms with Crippen molar-refractivity contribution in [2.24, 2.45) is 11.3 Å². The zero-order valence-electron chi connectivity index (χ0n) is 13.7. The lowest BCUT2D eigenvalue weighted by Crippen LogP contribution is -2.19. The SMILES string of the molecule is CCOC(=O)c1oc(CC(C)C(C)(C)C)nc1C(C)C. The highest BCUT2D eigenvalue weighted by molar-refractivity contribution is 5.87. The number of aromatic nitrogens is 1. The summed E-state index contributed by atoms with van der Waals surface area (Å²) in [4.78, 5) is 16.4. The highest BCUT2D eigenvalue weighted by Crippen LogP contribution is 2.30. The Bertz CT molecular complexity index is 455. The molecule has 1 unspecified atom stereocenters. The van der Waals surface area contributed by atoms with Crippen LogP contribution in [0.5, 0.6) is 0 Å². The van der Waals surface area contributed by atoms with Gasteiger partial charge in [0.05, 0.1) is 12.3 Å². The van der Waals surface area contributed by atoms with Gasteiger partial charge >= 0.3 is 5.97 Å². The van der Waals surface area contributed by atoms with Gasteiger partial charge in [-0.3, -0.25) is 0 Å². The van der Waals surface area contributed by atoms with E-state index in [0.29, 0.717) is 24.1 Å². The van der Waals surface area contributed by atoms with Gasteiger partial charge in [-0.15, -0.1) is 0 Å². The number of nitrogens with zero attached hydrogens (tertiary/aromatic N) is 1. The van der Waals surface area contributed by atoms with Crippen molar-refractivity contribution in [3.05, 3.63) is 17.3 Å². The van der Waals surface area contributed by atoms with Crippen molar-refractivity contribution in [1.29, 1.82) is 0 Å². The summed E-state index contributed by atoms with van der Waals surface area (Å²) in [6.07, 6.45) is 0.725. The summed E-state index contributed by atoms with van der Waals surface area (Å²) in [7, 11) is 0. The van der Waals surface area contributed by atoms with Crippen LogP contribution in [-0.4, -0.2) is 17.6 Å². The molecule has 0 aromatic carbocycles. The second-order valence-electron chi connectivity index (χ2n) is 6.67. The van der Waals surface area contributed by atoms with Gasteiger partial charge in [0.25, 0.3) is 0 Å². The molecule has 0 aliphatic heterocycles. The molecule has 0 saturated carbocycles. The van der Waals surface area contributed by atoms with E-state index in [0.717, 1.165) is 6.42 Å². The summed E-state index contributed by atoms with van der Waals surface area (Å²) < 4.78 is 10.7. The highest BCUT2D eigenvalue weighted by atomic mass is 16.5. The molecule has 4 nitrogen and oxygen atoms in total. The normalized spacial score (nSPS) is 13.6. The molecular formula is C16H27NO3. The second kappa shape index (κ2) is 6.42. The van der Waals surface area contributed by atoms with Crippen LogP contribution < -0.4 is 0 Å². The smallest absolute Gasteiger partial charge is 0.376 e. The average Bonchev–Trinajstić information content (AvgIpc) is 2.72. The molecule has 0 aliphatic rings. The molecule has 0 bridgehead atoms. The number of esters is 1. The number of ether oxygens (including phenoxy) is 1. The van der Waals surface area contributed by atoms with Crippen molar-refractivity contribution >= 4 is 5.97 Å². The van der Waals surface area contributed by atoms with E-state index in [2.05, 4.69) is 32.7 Å². The van der Waals surface area contributed by atoms with Gasteiger partial charge < -0.3 is 9.15 Å². The summed E-state index contributed by atoms with van der Waals surface area (Å²) in [5, 5.41) is 0. The first-order valence-corrected chi connectivity index (χ1v) is 7.33. The molecule has 1 heterocycles. The van der Waals surface area contributed by atoms with Gasteiger partial charge in [0.1, 0.15) is 0 Å². The third-order valence-corrected chi connectivity index (χ3v) is 3.66. The molecule has 4 heteroatoms. The average molecular weight is 281 g/mol. The lowest BCUT2D eigenvalue weighted by molar-refractivity contribution is 0.0485. The molecule has 0 aliphatic carbocycles. The Kier molecular flexibility index (Phi) is 5.37. The molecule has 0 N–H and O–H groups in total. The molecule has 1 aromatic heterocycles. The summed E-state index contributed by atoms with van der Waals surface area (Å²) in [6.45, 7) is 14.9. The number of hydrogen-bond donors (Lipinski definition) is 0. The zero-order chi connectivity index (χ0) is 15.5. The fourth-order valence-electron chi connectivity index (χ4n) is 1.77. The Labute approximate surface area is 121 Å². The number of oxazole rings is 1. The number of carbonyl (C=O) groups is 1. The topological polar surface area (TPSA) is 52.3 Å². The molecule has 0 saturated heterocycles. The minimum absolute atomic E-state index is 0.136. The molecule has 20 heavy (non-hydrogen) atoms. The first-order valence-electron chi connectivity index (χ1n) is 7.33. The van der Waals surface area contributed by atoms with E-state index < -0.39 is 5.97 Å². The minimum Gasteiger partial charge on any atom is -0.460 e. The fourth-order valence-corrected chi connectivity index (χ4v) is 1.77. The Balaban J connectivity index is 3.01. The van der Waals surface area contributed by atoms with E-state index in [1.54, 1.807) is 6.92 Å². The Morgan fingerprint density at radius 3 is 2.35 bits per heavy atom. The van der Waals surface area contributed by atoms with Crippen molar-refractivity contribution in [2.45, 2.75) is 60.8 Å². The Morgan fingerprint density at radius 2 is 1.90 bits per heavy atom. The zero-order valence-corrected chi connectivity index (χ0v) is 13.7. The first-order chi connectivity index (χ1) is 9.16. The monoisotopic (exact) mass is 281 g/mol. The largest absolute Gasteiger partial charge is 0.460 e. The van der Waals surface area contributed by atoms with E-state index in [-0.39, 0.29) is 17.1 Å². The summed E-state index contributed by atoms with van der Waals surface area (Å²) in [5.74, 6) is 1.02. The van der Waals surface area contributed by atoms with E-state index in [1.165, 1.54) is 0 Å². The van der Waals surface area contributed by atoms with Crippen molar-refractivity contribution in [3.8, 4) is 0 Å². The van der Waals surface area contributed by atoms with Gasteiger partial charge in [-0.1, -0.05) is 41.5 Å². The lowest BCUT2D eigenvalue weighted by Gasteiger charge is -2.25. The fraction of sp³-hybridized carbons (Fsp3) is 0.750. The molecule has 1 rings (SSSR count). The number of carbonyl (C=O) groups excluding carboxylic acids is 1. The quantitative estimate of drug-likeness (QED) is 0.759. The van der Waals surface area contributed by atoms with Gasteiger partial charge in [0.2, 0.25) is 5.76 Å². The standard InChI is InChI=1S/C16H27NO3/c1-8-19-15(18)14-13(10(2)3)17-12(20-14)9-11(4)16(5,6)7/h10-11H,8-9H2,1-7H3. The van der Waals surface area contributed by atoms with Gasteiger partial charge in [-0.05, 0) is 24.2 Å². The predicted octanol–water partition coefficient (Wildman–Crippen LogP) is 4.20. The molecule has 114 valence electrons. The van der Waals surface area contributed by atoms with Crippen LogP contribution in [0.1, 0.15) is 76.5 Å². The maximum atomic E-state index is 11.9. The molecular weight excluding hydrogens is 254 g/mol. The van der Waals surface area contributed by atoms with Gasteiger partial charge in [0, 0.05) is 6.42 Å². The highest BCUT2D eigenvalue weighted by Gasteiger charge is 2.27. The first kappa shape index (κ1) is 16.7. The summed E-state index contributed by atoms with van der Waals surface area (Å²) >= 11 is 0. The van der Waals surface area contributed by atoms with Gasteiger partial charge in [-0.25, -0.2) is 9.78 Å². The second-order valence-corrected chi connectivity index (χ2v) is 6.67. The van der Waals surface area contributed by atoms with Crippen LogP contribution in [0, 0.1) is 11.3 Å². The molecule has 0 fully saturated rings. The Hall–Kier alpha value is -1.32. The summed E-state index contributed by atoms with van der Waals surface area (Å²) in [6, 6.07) is 0. The maximum absolute atomic E-state index is 11.9. The van der Waals surface area contributed by atoms with Crippen molar-refractivity contribution in [1.82, 2.24) is 4.98 Å². The third-order valence-electron chi connectivity index (χ3n) is 3.66. The van der Waals surface area contributed by atoms with E-state index >= 15 is 0 Å². The minimum atomic E-state index is -0.418. The molecule has 0 spiro atoms. The van der Waals surface area contributed by atoms with E-state index in [4.69, 9.17) is 9.15 Å². The van der Waals surface area contributed by atoms with Crippen LogP contribution in [0.25, 0.3) is 0 Å². The van der Waals surface area contributed by atoms with Crippen molar-refractivity contribution < 1.29 is 13.9 Å². The molecule has 1 aromatic rings. The molecule has 0 radical (unpaired) electrons. The van der Waals surface area contributed by atoms with Crippen LogP contribution >= 0.6 is 0 Å². The van der Waals surface area contributed by atoms with Crippen LogP contribution in [-0.2, 0) is 11.2 Å². The van der Waals surface area contributed by atoms with Gasteiger partial charge in [0.15, 0.2) is 5.89 Å². The number of rotatable bonds is 5. The van der Waals surface area contributed by atoms with E-state index in [1.807, 2.05) is 13.8 Å². The third kappa shape index (κ3) is 4.09. The molecule has 0 amide bonds. The van der Waals surface area contributed by atoms with Crippen molar-refractivity contribution in [3.63, 3.8) is 0 Å². The van der Waals surface area contributed by atoms with Crippen LogP contribution in [0.2, 0.25) is 0 Å². The summed E-state index contributed by atoms with van der Waals surface area (Å²) in [5.41, 5.74) is 0.871. The van der Waals surface area contributed by atoms with Crippen LogP contribution in [0.15, 0.2) is 4.42 Å². The number of hydrogen-bond acceptors (Lipinski definition) is 4. The van der Waals surface area contributed by atoms with Gasteiger partial charge in [-0.2, -0.15) is 0 Å². The van der Waals surface area contributed by atoms with Crippen molar-refractivity contribution in [2.75, 3.05) is 6.61 Å². The van der Waals surface area contributed by atoms with E-state index in [9.17, 15) is 4.79 Å².